The molecule has 2 aliphatic rings. The fraction of sp³-hybridized carbons (Fsp3) is 0.609. The summed E-state index contributed by atoms with van der Waals surface area (Å²) in [6.07, 6.45) is -8.08. The Balaban J connectivity index is 0.000000317. The number of halogens is 6. The lowest BCUT2D eigenvalue weighted by molar-refractivity contribution is -0.193. The minimum atomic E-state index is -5.08. The molecule has 4 heterocycles. The zero-order valence-electron chi connectivity index (χ0n) is 21.6. The van der Waals surface area contributed by atoms with E-state index in [1.807, 2.05) is 13.0 Å². The number of rotatable bonds is 4. The number of hydrogen-bond acceptors (Lipinski definition) is 7. The van der Waals surface area contributed by atoms with Crippen molar-refractivity contribution in [3.05, 3.63) is 41.4 Å². The van der Waals surface area contributed by atoms with Crippen LogP contribution in [0.4, 0.5) is 26.3 Å². The maximum absolute atomic E-state index is 10.6. The molecule has 2 N–H and O–H groups in total. The number of alkyl halides is 6. The highest BCUT2D eigenvalue weighted by atomic mass is 19.4. The third-order valence-electron chi connectivity index (χ3n) is 6.12. The summed E-state index contributed by atoms with van der Waals surface area (Å²) in [5, 5.41) is 14.2. The molecule has 39 heavy (non-hydrogen) atoms. The molecule has 2 aromatic heterocycles. The number of carbonyl (C=O) groups is 2. The molecule has 1 atom stereocenters. The van der Waals surface area contributed by atoms with Gasteiger partial charge in [-0.05, 0) is 33.0 Å². The zero-order valence-corrected chi connectivity index (χ0v) is 21.6. The summed E-state index contributed by atoms with van der Waals surface area (Å²) in [5.41, 5.74) is 1.36. The second kappa shape index (κ2) is 13.3. The van der Waals surface area contributed by atoms with Gasteiger partial charge in [-0.3, -0.25) is 9.80 Å². The van der Waals surface area contributed by atoms with Gasteiger partial charge in [0.2, 0.25) is 0 Å². The molecular weight excluding hydrogens is 540 g/mol. The highest BCUT2D eigenvalue weighted by Crippen LogP contribution is 2.28. The molecule has 220 valence electrons. The Bertz CT molecular complexity index is 1070. The van der Waals surface area contributed by atoms with E-state index >= 15 is 0 Å². The van der Waals surface area contributed by atoms with Gasteiger partial charge < -0.3 is 24.1 Å². The molecule has 4 rings (SSSR count). The summed E-state index contributed by atoms with van der Waals surface area (Å²) < 4.78 is 71.7. The lowest BCUT2D eigenvalue weighted by Gasteiger charge is -2.35. The van der Waals surface area contributed by atoms with E-state index in [9.17, 15) is 26.3 Å². The fourth-order valence-electron chi connectivity index (χ4n) is 3.95. The Morgan fingerprint density at radius 2 is 1.49 bits per heavy atom. The standard InChI is InChI=1S/C19H29N5O.2C2HF3O2/c1-15-4-5-18(25-15)14-23-10-11-24-17(12-20-19(24)16(23)2)13-22-8-6-21(3)7-9-22;2*3-2(4,5)1(6)7/h4-5,12,16H,6-11,13-14H2,1-3H3;2*(H,6,7). The molecule has 0 spiro atoms. The first-order chi connectivity index (χ1) is 18.0. The summed E-state index contributed by atoms with van der Waals surface area (Å²) in [6.45, 7) is 12.8. The number of imidazole rings is 1. The van der Waals surface area contributed by atoms with Crippen molar-refractivity contribution in [2.24, 2.45) is 0 Å². The Kier molecular flexibility index (Phi) is 10.9. The number of nitrogens with zero attached hydrogens (tertiary/aromatic N) is 5. The van der Waals surface area contributed by atoms with Crippen molar-refractivity contribution < 1.29 is 50.6 Å². The molecule has 2 aliphatic heterocycles. The lowest BCUT2D eigenvalue weighted by Crippen LogP contribution is -2.44. The molecular formula is C23H31F6N5O5. The molecule has 1 saturated heterocycles. The van der Waals surface area contributed by atoms with Gasteiger partial charge in [0.05, 0.1) is 18.3 Å². The number of fused-ring (bicyclic) bond motifs is 1. The summed E-state index contributed by atoms with van der Waals surface area (Å²) in [4.78, 5) is 30.0. The molecule has 16 heteroatoms. The van der Waals surface area contributed by atoms with Gasteiger partial charge in [0.15, 0.2) is 0 Å². The first-order valence-corrected chi connectivity index (χ1v) is 11.8. The average molecular weight is 572 g/mol. The maximum atomic E-state index is 10.6. The van der Waals surface area contributed by atoms with Crippen molar-refractivity contribution in [2.75, 3.05) is 39.8 Å². The number of carboxylic acid groups (broad SMARTS) is 2. The molecule has 0 radical (unpaired) electrons. The number of aliphatic carboxylic acids is 2. The van der Waals surface area contributed by atoms with Crippen molar-refractivity contribution in [1.82, 2.24) is 24.3 Å². The van der Waals surface area contributed by atoms with E-state index in [0.29, 0.717) is 6.04 Å². The minimum Gasteiger partial charge on any atom is -0.475 e. The topological polar surface area (TPSA) is 115 Å². The second-order valence-electron chi connectivity index (χ2n) is 9.10. The van der Waals surface area contributed by atoms with Gasteiger partial charge in [-0.25, -0.2) is 14.6 Å². The van der Waals surface area contributed by atoms with Gasteiger partial charge in [-0.2, -0.15) is 26.3 Å². The van der Waals surface area contributed by atoms with Gasteiger partial charge in [-0.1, -0.05) is 0 Å². The average Bonchev–Trinajstić information content (AvgIpc) is 3.43. The molecule has 10 nitrogen and oxygen atoms in total. The third kappa shape index (κ3) is 9.85. The lowest BCUT2D eigenvalue weighted by atomic mass is 10.2. The van der Waals surface area contributed by atoms with Crippen LogP contribution < -0.4 is 0 Å². The van der Waals surface area contributed by atoms with Crippen LogP contribution in [0.25, 0.3) is 0 Å². The highest BCUT2D eigenvalue weighted by molar-refractivity contribution is 5.73. The van der Waals surface area contributed by atoms with Crippen molar-refractivity contribution >= 4 is 11.9 Å². The number of likely N-dealkylation sites (N-methyl/N-ethyl adjacent to an activating group) is 1. The van der Waals surface area contributed by atoms with Gasteiger partial charge in [0, 0.05) is 52.0 Å². The van der Waals surface area contributed by atoms with E-state index in [0.717, 1.165) is 63.9 Å². The van der Waals surface area contributed by atoms with E-state index in [4.69, 9.17) is 29.2 Å². The smallest absolute Gasteiger partial charge is 0.475 e. The quantitative estimate of drug-likeness (QED) is 0.533. The Morgan fingerprint density at radius 1 is 0.949 bits per heavy atom. The van der Waals surface area contributed by atoms with E-state index in [1.165, 1.54) is 11.5 Å². The SMILES string of the molecule is Cc1ccc(CN2CCn3c(CN4CCN(C)CC4)cnc3C2C)o1.O=C(O)C(F)(F)F.O=C(O)C(F)(F)F. The molecule has 1 fully saturated rings. The second-order valence-corrected chi connectivity index (χ2v) is 9.10. The van der Waals surface area contributed by atoms with Crippen LogP contribution >= 0.6 is 0 Å². The highest BCUT2D eigenvalue weighted by Gasteiger charge is 2.39. The van der Waals surface area contributed by atoms with Crippen LogP contribution in [0.2, 0.25) is 0 Å². The Labute approximate surface area is 220 Å². The largest absolute Gasteiger partial charge is 0.490 e. The molecule has 0 aromatic carbocycles. The number of aryl methyl sites for hydroxylation is 1. The van der Waals surface area contributed by atoms with Crippen molar-refractivity contribution in [1.29, 1.82) is 0 Å². The van der Waals surface area contributed by atoms with Gasteiger partial charge in [-0.15, -0.1) is 0 Å². The van der Waals surface area contributed by atoms with E-state index in [-0.39, 0.29) is 0 Å². The van der Waals surface area contributed by atoms with Crippen LogP contribution in [-0.4, -0.2) is 98.5 Å². The molecule has 0 bridgehead atoms. The number of aromatic nitrogens is 2. The maximum Gasteiger partial charge on any atom is 0.490 e. The predicted octanol–water partition coefficient (Wildman–Crippen LogP) is 3.38. The fourth-order valence-corrected chi connectivity index (χ4v) is 3.95. The van der Waals surface area contributed by atoms with Gasteiger partial charge >= 0.3 is 24.3 Å². The molecule has 0 saturated carbocycles. The number of hydrogen-bond donors (Lipinski definition) is 2. The Morgan fingerprint density at radius 3 is 1.95 bits per heavy atom. The van der Waals surface area contributed by atoms with Crippen LogP contribution in [0.1, 0.15) is 36.0 Å². The third-order valence-corrected chi connectivity index (χ3v) is 6.12. The molecule has 2 aromatic rings. The van der Waals surface area contributed by atoms with Gasteiger partial charge in [0.25, 0.3) is 0 Å². The van der Waals surface area contributed by atoms with E-state index < -0.39 is 24.3 Å². The van der Waals surface area contributed by atoms with Crippen molar-refractivity contribution in [2.45, 2.75) is 51.9 Å². The number of carboxylic acids is 2. The van der Waals surface area contributed by atoms with Crippen LogP contribution in [0, 0.1) is 6.92 Å². The van der Waals surface area contributed by atoms with Crippen LogP contribution in [0.5, 0.6) is 0 Å². The predicted molar refractivity (Wildman–Crippen MR) is 125 cm³/mol. The van der Waals surface area contributed by atoms with Crippen molar-refractivity contribution in [3.63, 3.8) is 0 Å². The van der Waals surface area contributed by atoms with Crippen LogP contribution in [-0.2, 0) is 29.2 Å². The summed E-state index contributed by atoms with van der Waals surface area (Å²) in [6, 6.07) is 4.45. The number of furan rings is 1. The first-order valence-electron chi connectivity index (χ1n) is 11.8. The molecule has 1 unspecified atom stereocenters. The monoisotopic (exact) mass is 571 g/mol. The van der Waals surface area contributed by atoms with E-state index in [1.54, 1.807) is 0 Å². The van der Waals surface area contributed by atoms with Crippen LogP contribution in [0.15, 0.2) is 22.7 Å². The van der Waals surface area contributed by atoms with E-state index in [2.05, 4.69) is 45.5 Å². The number of piperazine rings is 1. The Hall–Kier alpha value is -3.11. The summed E-state index contributed by atoms with van der Waals surface area (Å²) >= 11 is 0. The normalized spacial score (nSPS) is 18.8. The van der Waals surface area contributed by atoms with Crippen LogP contribution in [0.3, 0.4) is 0 Å². The van der Waals surface area contributed by atoms with Gasteiger partial charge in [0.1, 0.15) is 17.3 Å². The molecule has 0 aliphatic carbocycles. The first kappa shape index (κ1) is 32.1. The summed E-state index contributed by atoms with van der Waals surface area (Å²) in [7, 11) is 2.20. The zero-order chi connectivity index (χ0) is 29.5. The van der Waals surface area contributed by atoms with Crippen molar-refractivity contribution in [3.8, 4) is 0 Å². The minimum absolute atomic E-state index is 0.320. The molecule has 0 amide bonds. The summed E-state index contributed by atoms with van der Waals surface area (Å²) in [5.74, 6) is -2.30.